The fourth-order valence-corrected chi connectivity index (χ4v) is 2.00. The molecule has 1 aromatic carbocycles. The summed E-state index contributed by atoms with van der Waals surface area (Å²) in [5.74, 6) is -0.679. The number of phenolic OH excluding ortho intramolecular Hbond substituents is 1. The summed E-state index contributed by atoms with van der Waals surface area (Å²) in [4.78, 5) is 0. The highest BCUT2D eigenvalue weighted by Gasteiger charge is 2.20. The number of nitrogens with one attached hydrogen (secondary N) is 1. The van der Waals surface area contributed by atoms with Gasteiger partial charge in [0, 0.05) is 11.6 Å². The summed E-state index contributed by atoms with van der Waals surface area (Å²) >= 11 is 0. The average Bonchev–Trinajstić information content (AvgIpc) is 2.27. The van der Waals surface area contributed by atoms with Gasteiger partial charge in [0.05, 0.1) is 0 Å². The molecule has 1 saturated heterocycles. The van der Waals surface area contributed by atoms with Crippen molar-refractivity contribution < 1.29 is 9.50 Å². The highest BCUT2D eigenvalue weighted by Crippen LogP contribution is 2.34. The molecule has 1 aliphatic rings. The van der Waals surface area contributed by atoms with Crippen molar-refractivity contribution >= 4 is 5.69 Å². The number of phenols is 1. The molecule has 0 spiro atoms. The van der Waals surface area contributed by atoms with Gasteiger partial charge in [0.2, 0.25) is 0 Å². The van der Waals surface area contributed by atoms with E-state index in [4.69, 9.17) is 5.73 Å². The molecule has 4 heteroatoms. The molecule has 0 aliphatic carbocycles. The normalized spacial score (nSPS) is 21.5. The molecule has 1 atom stereocenters. The Bertz CT molecular complexity index is 362. The molecule has 0 unspecified atom stereocenters. The molecule has 0 saturated carbocycles. The van der Waals surface area contributed by atoms with E-state index < -0.39 is 5.82 Å². The minimum Gasteiger partial charge on any atom is -0.505 e. The van der Waals surface area contributed by atoms with Crippen LogP contribution in [0.3, 0.4) is 0 Å². The summed E-state index contributed by atoms with van der Waals surface area (Å²) in [7, 11) is 0. The van der Waals surface area contributed by atoms with E-state index in [0.29, 0.717) is 5.56 Å². The topological polar surface area (TPSA) is 58.3 Å². The van der Waals surface area contributed by atoms with Crippen LogP contribution in [0.15, 0.2) is 12.1 Å². The Balaban J connectivity index is 2.31. The molecular formula is C11H15FN2O. The maximum absolute atomic E-state index is 13.0. The van der Waals surface area contributed by atoms with E-state index in [1.807, 2.05) is 0 Å². The Hall–Kier alpha value is -1.29. The van der Waals surface area contributed by atoms with Gasteiger partial charge >= 0.3 is 0 Å². The van der Waals surface area contributed by atoms with Crippen molar-refractivity contribution in [1.82, 2.24) is 5.32 Å². The summed E-state index contributed by atoms with van der Waals surface area (Å²) in [5.41, 5.74) is 5.99. The predicted molar refractivity (Wildman–Crippen MR) is 57.1 cm³/mol. The van der Waals surface area contributed by atoms with Crippen molar-refractivity contribution in [3.63, 3.8) is 0 Å². The van der Waals surface area contributed by atoms with E-state index in [2.05, 4.69) is 5.32 Å². The Morgan fingerprint density at radius 1 is 1.40 bits per heavy atom. The summed E-state index contributed by atoms with van der Waals surface area (Å²) in [6.07, 6.45) is 3.22. The van der Waals surface area contributed by atoms with E-state index in [-0.39, 0.29) is 17.5 Å². The summed E-state index contributed by atoms with van der Waals surface area (Å²) < 4.78 is 13.0. The fourth-order valence-electron chi connectivity index (χ4n) is 2.00. The third-order valence-electron chi connectivity index (χ3n) is 2.88. The number of aromatic hydroxyl groups is 1. The zero-order chi connectivity index (χ0) is 10.8. The summed E-state index contributed by atoms with van der Waals surface area (Å²) in [5, 5.41) is 13.0. The van der Waals surface area contributed by atoms with Gasteiger partial charge in [0.15, 0.2) is 0 Å². The SMILES string of the molecule is Nc1c(F)ccc([C@H]2CCCCN2)c1O. The minimum atomic E-state index is -0.563. The van der Waals surface area contributed by atoms with Gasteiger partial charge in [0.1, 0.15) is 17.3 Å². The van der Waals surface area contributed by atoms with Crippen LogP contribution in [-0.2, 0) is 0 Å². The van der Waals surface area contributed by atoms with Gasteiger partial charge in [-0.1, -0.05) is 12.5 Å². The summed E-state index contributed by atoms with van der Waals surface area (Å²) in [6, 6.07) is 3.01. The maximum atomic E-state index is 13.0. The van der Waals surface area contributed by atoms with Crippen LogP contribution in [0, 0.1) is 5.82 Å². The smallest absolute Gasteiger partial charge is 0.149 e. The van der Waals surface area contributed by atoms with Crippen molar-refractivity contribution in [2.24, 2.45) is 0 Å². The van der Waals surface area contributed by atoms with Crippen LogP contribution in [0.1, 0.15) is 30.9 Å². The lowest BCUT2D eigenvalue weighted by Gasteiger charge is -2.24. The zero-order valence-electron chi connectivity index (χ0n) is 8.46. The van der Waals surface area contributed by atoms with Gasteiger partial charge in [-0.05, 0) is 25.5 Å². The first kappa shape index (κ1) is 10.2. The molecule has 1 heterocycles. The molecule has 1 aromatic rings. The molecule has 2 rings (SSSR count). The number of hydrogen-bond donors (Lipinski definition) is 3. The Morgan fingerprint density at radius 3 is 2.87 bits per heavy atom. The van der Waals surface area contributed by atoms with Crippen LogP contribution < -0.4 is 11.1 Å². The number of anilines is 1. The number of halogens is 1. The van der Waals surface area contributed by atoms with E-state index in [1.54, 1.807) is 6.07 Å². The number of nitrogens with two attached hydrogens (primary N) is 1. The average molecular weight is 210 g/mol. The largest absolute Gasteiger partial charge is 0.505 e. The van der Waals surface area contributed by atoms with Crippen molar-refractivity contribution in [2.75, 3.05) is 12.3 Å². The van der Waals surface area contributed by atoms with Crippen molar-refractivity contribution in [3.05, 3.63) is 23.5 Å². The molecule has 3 nitrogen and oxygen atoms in total. The van der Waals surface area contributed by atoms with E-state index in [0.717, 1.165) is 25.8 Å². The third kappa shape index (κ3) is 1.90. The predicted octanol–water partition coefficient (Wildman–Crippen LogP) is 1.93. The second-order valence-electron chi connectivity index (χ2n) is 3.90. The van der Waals surface area contributed by atoms with Crippen LogP contribution in [0.25, 0.3) is 0 Å². The van der Waals surface area contributed by atoms with Crippen molar-refractivity contribution in [2.45, 2.75) is 25.3 Å². The van der Waals surface area contributed by atoms with Crippen molar-refractivity contribution in [1.29, 1.82) is 0 Å². The molecule has 82 valence electrons. The van der Waals surface area contributed by atoms with Crippen LogP contribution in [0.2, 0.25) is 0 Å². The number of rotatable bonds is 1. The van der Waals surface area contributed by atoms with Gasteiger partial charge in [0.25, 0.3) is 0 Å². The fraction of sp³-hybridized carbons (Fsp3) is 0.455. The van der Waals surface area contributed by atoms with E-state index in [9.17, 15) is 9.50 Å². The Morgan fingerprint density at radius 2 is 2.20 bits per heavy atom. The number of piperidine rings is 1. The van der Waals surface area contributed by atoms with E-state index >= 15 is 0 Å². The van der Waals surface area contributed by atoms with Gasteiger partial charge in [-0.2, -0.15) is 0 Å². The highest BCUT2D eigenvalue weighted by atomic mass is 19.1. The van der Waals surface area contributed by atoms with Gasteiger partial charge in [-0.15, -0.1) is 0 Å². The van der Waals surface area contributed by atoms with Gasteiger partial charge < -0.3 is 16.2 Å². The molecule has 15 heavy (non-hydrogen) atoms. The van der Waals surface area contributed by atoms with Gasteiger partial charge in [-0.25, -0.2) is 4.39 Å². The Kier molecular flexibility index (Phi) is 2.77. The van der Waals surface area contributed by atoms with Gasteiger partial charge in [-0.3, -0.25) is 0 Å². The molecule has 1 aliphatic heterocycles. The lowest BCUT2D eigenvalue weighted by molar-refractivity contribution is 0.390. The van der Waals surface area contributed by atoms with Crippen LogP contribution in [0.4, 0.5) is 10.1 Å². The molecule has 0 amide bonds. The molecule has 0 aromatic heterocycles. The van der Waals surface area contributed by atoms with E-state index in [1.165, 1.54) is 6.07 Å². The number of hydrogen-bond acceptors (Lipinski definition) is 3. The summed E-state index contributed by atoms with van der Waals surface area (Å²) in [6.45, 7) is 0.932. The second kappa shape index (κ2) is 4.06. The zero-order valence-corrected chi connectivity index (χ0v) is 8.46. The monoisotopic (exact) mass is 210 g/mol. The molecule has 0 bridgehead atoms. The van der Waals surface area contributed by atoms with Crippen LogP contribution in [-0.4, -0.2) is 11.7 Å². The molecule has 1 fully saturated rings. The molecular weight excluding hydrogens is 195 g/mol. The van der Waals surface area contributed by atoms with Crippen molar-refractivity contribution in [3.8, 4) is 5.75 Å². The standard InChI is InChI=1S/C11H15FN2O/c12-8-5-4-7(11(15)10(8)13)9-3-1-2-6-14-9/h4-5,9,14-15H,1-3,6,13H2/t9-/m1/s1. The first-order valence-corrected chi connectivity index (χ1v) is 5.20. The van der Waals surface area contributed by atoms with Crippen LogP contribution >= 0.6 is 0 Å². The number of nitrogen functional groups attached to an aromatic ring is 1. The highest BCUT2D eigenvalue weighted by molar-refractivity contribution is 5.57. The molecule has 0 radical (unpaired) electrons. The quantitative estimate of drug-likeness (QED) is 0.490. The molecule has 4 N–H and O–H groups in total. The number of benzene rings is 1. The Labute approximate surface area is 88.1 Å². The first-order chi connectivity index (χ1) is 7.20. The lowest BCUT2D eigenvalue weighted by Crippen LogP contribution is -2.26. The first-order valence-electron chi connectivity index (χ1n) is 5.20. The maximum Gasteiger partial charge on any atom is 0.149 e. The minimum absolute atomic E-state index is 0.0987. The second-order valence-corrected chi connectivity index (χ2v) is 3.90. The van der Waals surface area contributed by atoms with Crippen LogP contribution in [0.5, 0.6) is 5.75 Å². The lowest BCUT2D eigenvalue weighted by atomic mass is 9.96. The third-order valence-corrected chi connectivity index (χ3v) is 2.88.